The summed E-state index contributed by atoms with van der Waals surface area (Å²) in [6.45, 7) is 4.03. The fraction of sp³-hybridized carbons (Fsp3) is 0.0571. The molecule has 0 unspecified atom stereocenters. The molecule has 3 aromatic carbocycles. The van der Waals surface area contributed by atoms with Crippen LogP contribution in [0.5, 0.6) is 0 Å². The molecule has 215 valence electrons. The Morgan fingerprint density at radius 1 is 0.698 bits per heavy atom. The summed E-state index contributed by atoms with van der Waals surface area (Å²) in [4.78, 5) is 12.4. The molecule has 0 aliphatic rings. The van der Waals surface area contributed by atoms with Crippen LogP contribution >= 0.6 is 0 Å². The summed E-state index contributed by atoms with van der Waals surface area (Å²) < 4.78 is 46.7. The van der Waals surface area contributed by atoms with Gasteiger partial charge in [-0.25, -0.2) is 9.37 Å². The molecule has 8 heteroatoms. The van der Waals surface area contributed by atoms with E-state index in [9.17, 15) is 13.2 Å². The molecule has 0 aliphatic carbocycles. The van der Waals surface area contributed by atoms with E-state index in [1.165, 1.54) is 0 Å². The van der Waals surface area contributed by atoms with Crippen LogP contribution in [0.3, 0.4) is 0 Å². The number of fused-ring (bicyclic) bond motifs is 3. The zero-order chi connectivity index (χ0) is 29.2. The summed E-state index contributed by atoms with van der Waals surface area (Å²) in [5.74, 6) is -4.45. The molecule has 4 aromatic heterocycles. The number of furan rings is 1. The van der Waals surface area contributed by atoms with E-state index in [1.54, 1.807) is 18.3 Å². The summed E-state index contributed by atoms with van der Waals surface area (Å²) in [6, 6.07) is 33.8. The average Bonchev–Trinajstić information content (AvgIpc) is 3.39. The first-order valence-corrected chi connectivity index (χ1v) is 13.1. The van der Waals surface area contributed by atoms with Gasteiger partial charge in [0.15, 0.2) is 5.82 Å². The molecule has 43 heavy (non-hydrogen) atoms. The van der Waals surface area contributed by atoms with E-state index in [0.717, 1.165) is 45.1 Å². The van der Waals surface area contributed by atoms with Crippen LogP contribution in [0.25, 0.3) is 55.8 Å². The van der Waals surface area contributed by atoms with Gasteiger partial charge in [0, 0.05) is 37.3 Å². The van der Waals surface area contributed by atoms with Crippen molar-refractivity contribution >= 4 is 22.1 Å². The van der Waals surface area contributed by atoms with Gasteiger partial charge in [-0.05, 0) is 60.6 Å². The van der Waals surface area contributed by atoms with E-state index in [2.05, 4.69) is 27.1 Å². The standard InChI is InChI=1S/C24H14F3N2O.C11H8N.Ir/c1-12-5-3-6-13(2)20(12)18-10-9-15-14-7-4-8-16(22(14)30-24(15)29-18)19-11-17(25)21(26)23(27)28-19;1-2-6-10(7-3-1)11-8-4-5-9-12-11;/h3-7,9-11H,1-2H3;1-6,8-9H;/q2*-1;. The largest absolute Gasteiger partial charge is 0.486 e. The summed E-state index contributed by atoms with van der Waals surface area (Å²) in [5, 5.41) is 1.45. The molecule has 0 bridgehead atoms. The smallest absolute Gasteiger partial charge is 0.243 e. The first-order chi connectivity index (χ1) is 20.4. The summed E-state index contributed by atoms with van der Waals surface area (Å²) in [5.41, 5.74) is 6.82. The van der Waals surface area contributed by atoms with Crippen molar-refractivity contribution < 1.29 is 37.7 Å². The summed E-state index contributed by atoms with van der Waals surface area (Å²) in [6.07, 6.45) is 1.79. The van der Waals surface area contributed by atoms with Gasteiger partial charge >= 0.3 is 0 Å². The molecular weight excluding hydrogens is 728 g/mol. The van der Waals surface area contributed by atoms with Gasteiger partial charge in [-0.1, -0.05) is 41.3 Å². The maximum absolute atomic E-state index is 13.7. The van der Waals surface area contributed by atoms with E-state index in [1.807, 2.05) is 86.6 Å². The third kappa shape index (κ3) is 5.98. The molecule has 0 spiro atoms. The molecule has 4 nitrogen and oxygen atoms in total. The summed E-state index contributed by atoms with van der Waals surface area (Å²) >= 11 is 0. The van der Waals surface area contributed by atoms with Gasteiger partial charge in [0.25, 0.3) is 0 Å². The second kappa shape index (κ2) is 12.7. The topological polar surface area (TPSA) is 51.8 Å². The van der Waals surface area contributed by atoms with Gasteiger partial charge in [0.05, 0.1) is 11.3 Å². The second-order valence-corrected chi connectivity index (χ2v) is 9.60. The van der Waals surface area contributed by atoms with Crippen molar-refractivity contribution in [2.75, 3.05) is 0 Å². The van der Waals surface area contributed by atoms with Crippen LogP contribution in [0, 0.1) is 43.6 Å². The minimum absolute atomic E-state index is 0. The van der Waals surface area contributed by atoms with Crippen LogP contribution in [-0.2, 0) is 20.1 Å². The third-order valence-electron chi connectivity index (χ3n) is 6.81. The fourth-order valence-corrected chi connectivity index (χ4v) is 4.84. The Kier molecular flexibility index (Phi) is 8.81. The Morgan fingerprint density at radius 3 is 2.19 bits per heavy atom. The Hall–Kier alpha value is -4.65. The van der Waals surface area contributed by atoms with Crippen molar-refractivity contribution in [1.82, 2.24) is 15.0 Å². The second-order valence-electron chi connectivity index (χ2n) is 9.60. The van der Waals surface area contributed by atoms with E-state index in [-0.39, 0.29) is 31.4 Å². The zero-order valence-corrected chi connectivity index (χ0v) is 25.3. The van der Waals surface area contributed by atoms with Crippen LogP contribution in [0.4, 0.5) is 13.2 Å². The molecule has 0 saturated heterocycles. The SMILES string of the molecule is Cc1cccc(C)c1-c1ccc2c(n1)oc1c(-c3cc(F)c(F)c(F)n3)[c-]ccc12.[Ir].[c-]1ccccc1-c1ccccn1. The van der Waals surface area contributed by atoms with E-state index in [4.69, 9.17) is 4.42 Å². The molecule has 0 atom stereocenters. The van der Waals surface area contributed by atoms with Gasteiger partial charge in [0.2, 0.25) is 17.5 Å². The van der Waals surface area contributed by atoms with Crippen LogP contribution in [0.15, 0.2) is 102 Å². The Bertz CT molecular complexity index is 1970. The number of hydrogen-bond donors (Lipinski definition) is 0. The summed E-state index contributed by atoms with van der Waals surface area (Å²) in [7, 11) is 0. The van der Waals surface area contributed by atoms with Crippen molar-refractivity contribution in [2.45, 2.75) is 13.8 Å². The Labute approximate surface area is 259 Å². The number of rotatable bonds is 3. The quantitative estimate of drug-likeness (QED) is 0.134. The molecule has 0 saturated carbocycles. The molecule has 0 aliphatic heterocycles. The van der Waals surface area contributed by atoms with Crippen molar-refractivity contribution in [2.24, 2.45) is 0 Å². The van der Waals surface area contributed by atoms with E-state index < -0.39 is 17.6 Å². The normalized spacial score (nSPS) is 10.7. The number of hydrogen-bond acceptors (Lipinski definition) is 4. The molecule has 0 fully saturated rings. The van der Waals surface area contributed by atoms with Crippen LogP contribution in [-0.4, -0.2) is 15.0 Å². The van der Waals surface area contributed by atoms with Crippen LogP contribution in [0.1, 0.15) is 11.1 Å². The van der Waals surface area contributed by atoms with E-state index >= 15 is 0 Å². The van der Waals surface area contributed by atoms with Crippen LogP contribution < -0.4 is 0 Å². The molecule has 7 rings (SSSR count). The van der Waals surface area contributed by atoms with Gasteiger partial charge in [-0.3, -0.25) is 4.98 Å². The number of halogens is 3. The zero-order valence-electron chi connectivity index (χ0n) is 23.0. The average molecular weight is 750 g/mol. The van der Waals surface area contributed by atoms with Crippen molar-refractivity contribution in [1.29, 1.82) is 0 Å². The number of pyridine rings is 3. The van der Waals surface area contributed by atoms with Crippen molar-refractivity contribution in [3.8, 4) is 33.8 Å². The Balaban J connectivity index is 0.000000238. The maximum atomic E-state index is 13.7. The minimum Gasteiger partial charge on any atom is -0.486 e. The first-order valence-electron chi connectivity index (χ1n) is 13.1. The van der Waals surface area contributed by atoms with Crippen LogP contribution in [0.2, 0.25) is 0 Å². The number of aromatic nitrogens is 3. The number of benzene rings is 3. The van der Waals surface area contributed by atoms with E-state index in [0.29, 0.717) is 16.7 Å². The predicted octanol–water partition coefficient (Wildman–Crippen LogP) is 9.09. The van der Waals surface area contributed by atoms with Gasteiger partial charge in [0.1, 0.15) is 0 Å². The third-order valence-corrected chi connectivity index (χ3v) is 6.81. The fourth-order valence-electron chi connectivity index (χ4n) is 4.84. The molecule has 4 heterocycles. The van der Waals surface area contributed by atoms with Gasteiger partial charge in [-0.15, -0.1) is 54.1 Å². The minimum atomic E-state index is -1.62. The molecule has 1 radical (unpaired) electrons. The maximum Gasteiger partial charge on any atom is 0.243 e. The number of nitrogens with zero attached hydrogens (tertiary/aromatic N) is 3. The molecular formula is C35H22F3IrN3O-2. The monoisotopic (exact) mass is 750 g/mol. The molecule has 0 N–H and O–H groups in total. The first kappa shape index (κ1) is 29.8. The van der Waals surface area contributed by atoms with Gasteiger partial charge < -0.3 is 9.40 Å². The molecule has 7 aromatic rings. The number of aryl methyl sites for hydroxylation is 2. The Morgan fingerprint density at radius 2 is 1.49 bits per heavy atom. The van der Waals surface area contributed by atoms with Gasteiger partial charge in [-0.2, -0.15) is 8.78 Å². The van der Waals surface area contributed by atoms with Crippen molar-refractivity contribution in [3.05, 3.63) is 138 Å². The predicted molar refractivity (Wildman–Crippen MR) is 157 cm³/mol. The van der Waals surface area contributed by atoms with Crippen molar-refractivity contribution in [3.63, 3.8) is 0 Å². The molecule has 0 amide bonds.